The Balaban J connectivity index is 0.00000288. The Morgan fingerprint density at radius 1 is 1.21 bits per heavy atom. The van der Waals surface area contributed by atoms with Crippen LogP contribution in [0.5, 0.6) is 0 Å². The first-order valence-electron chi connectivity index (χ1n) is 8.15. The van der Waals surface area contributed by atoms with Crippen LogP contribution < -0.4 is 16.0 Å². The molecule has 134 valence electrons. The van der Waals surface area contributed by atoms with E-state index in [1.54, 1.807) is 25.2 Å². The largest absolute Gasteiger partial charge is 0.349 e. The number of anilines is 1. The summed E-state index contributed by atoms with van der Waals surface area (Å²) < 4.78 is 0. The molecular weight excluding hydrogens is 349 g/mol. The maximum absolute atomic E-state index is 12.4. The smallest absolute Gasteiger partial charge is 0.253 e. The molecule has 0 saturated heterocycles. The lowest BCUT2D eigenvalue weighted by Crippen LogP contribution is -2.36. The third-order valence-corrected chi connectivity index (χ3v) is 4.37. The van der Waals surface area contributed by atoms with Crippen molar-refractivity contribution in [1.82, 2.24) is 10.6 Å². The maximum Gasteiger partial charge on any atom is 0.253 e. The van der Waals surface area contributed by atoms with Crippen LogP contribution in [0.25, 0.3) is 0 Å². The van der Waals surface area contributed by atoms with Gasteiger partial charge in [-0.2, -0.15) is 0 Å². The minimum Gasteiger partial charge on any atom is -0.349 e. The van der Waals surface area contributed by atoms with E-state index in [1.165, 1.54) is 6.42 Å². The number of benzene rings is 1. The van der Waals surface area contributed by atoms with E-state index >= 15 is 0 Å². The maximum atomic E-state index is 12.4. The van der Waals surface area contributed by atoms with Crippen molar-refractivity contribution in [3.63, 3.8) is 0 Å². The topological polar surface area (TPSA) is 70.2 Å². The van der Waals surface area contributed by atoms with Crippen LogP contribution in [0.3, 0.4) is 0 Å². The van der Waals surface area contributed by atoms with Crippen LogP contribution in [-0.4, -0.2) is 31.4 Å². The van der Waals surface area contributed by atoms with Crippen LogP contribution in [0, 0.1) is 0 Å². The zero-order valence-corrected chi connectivity index (χ0v) is 15.4. The molecular formula is C17H25Cl2N3O2. The lowest BCUT2D eigenvalue weighted by atomic mass is 9.95. The van der Waals surface area contributed by atoms with E-state index in [1.807, 2.05) is 0 Å². The lowest BCUT2D eigenvalue weighted by molar-refractivity contribution is -0.116. The van der Waals surface area contributed by atoms with Gasteiger partial charge in [-0.25, -0.2) is 0 Å². The molecule has 1 aromatic rings. The Labute approximate surface area is 154 Å². The van der Waals surface area contributed by atoms with Gasteiger partial charge in [-0.1, -0.05) is 30.9 Å². The number of nitrogens with one attached hydrogen (secondary N) is 3. The van der Waals surface area contributed by atoms with Crippen LogP contribution in [0.4, 0.5) is 5.69 Å². The van der Waals surface area contributed by atoms with Crippen molar-refractivity contribution < 1.29 is 9.59 Å². The number of amides is 2. The van der Waals surface area contributed by atoms with Gasteiger partial charge in [0.25, 0.3) is 5.91 Å². The third kappa shape index (κ3) is 6.30. The fourth-order valence-electron chi connectivity index (χ4n) is 2.75. The Morgan fingerprint density at radius 2 is 1.92 bits per heavy atom. The van der Waals surface area contributed by atoms with E-state index in [9.17, 15) is 9.59 Å². The second kappa shape index (κ2) is 10.5. The molecule has 1 aromatic carbocycles. The van der Waals surface area contributed by atoms with Crippen molar-refractivity contribution in [2.45, 2.75) is 44.6 Å². The summed E-state index contributed by atoms with van der Waals surface area (Å²) in [6.45, 7) is 0.606. The highest BCUT2D eigenvalue weighted by atomic mass is 35.5. The second-order valence-electron chi connectivity index (χ2n) is 5.90. The number of halogens is 2. The number of carbonyl (C=O) groups is 2. The Kier molecular flexibility index (Phi) is 9.11. The SMILES string of the molecule is CNCCC(=O)Nc1ccc(Cl)c(C(=O)NC2CCCCC2)c1.Cl. The minimum atomic E-state index is -0.173. The molecule has 24 heavy (non-hydrogen) atoms. The fraction of sp³-hybridized carbons (Fsp3) is 0.529. The highest BCUT2D eigenvalue weighted by molar-refractivity contribution is 6.34. The highest BCUT2D eigenvalue weighted by Gasteiger charge is 2.18. The molecule has 1 aliphatic carbocycles. The van der Waals surface area contributed by atoms with Gasteiger partial charge >= 0.3 is 0 Å². The molecule has 2 amide bonds. The lowest BCUT2D eigenvalue weighted by Gasteiger charge is -2.23. The van der Waals surface area contributed by atoms with Gasteiger partial charge in [0.1, 0.15) is 0 Å². The highest BCUT2D eigenvalue weighted by Crippen LogP contribution is 2.22. The predicted octanol–water partition coefficient (Wildman–Crippen LogP) is 3.37. The zero-order valence-electron chi connectivity index (χ0n) is 13.9. The molecule has 0 spiro atoms. The first kappa shape index (κ1) is 20.7. The molecule has 0 atom stereocenters. The summed E-state index contributed by atoms with van der Waals surface area (Å²) in [5, 5.41) is 9.15. The molecule has 0 aliphatic heterocycles. The average Bonchev–Trinajstić information content (AvgIpc) is 2.55. The van der Waals surface area contributed by atoms with Crippen molar-refractivity contribution in [1.29, 1.82) is 0 Å². The van der Waals surface area contributed by atoms with Crippen molar-refractivity contribution in [3.8, 4) is 0 Å². The monoisotopic (exact) mass is 373 g/mol. The molecule has 0 heterocycles. The molecule has 3 N–H and O–H groups in total. The minimum absolute atomic E-state index is 0. The van der Waals surface area contributed by atoms with E-state index in [-0.39, 0.29) is 30.3 Å². The Morgan fingerprint density at radius 3 is 2.58 bits per heavy atom. The molecule has 5 nitrogen and oxygen atoms in total. The third-order valence-electron chi connectivity index (χ3n) is 4.04. The standard InChI is InChI=1S/C17H24ClN3O2.ClH/c1-19-10-9-16(22)20-13-7-8-15(18)14(11-13)17(23)21-12-5-3-2-4-6-12;/h7-8,11-12,19H,2-6,9-10H2,1H3,(H,20,22)(H,21,23);1H. The van der Waals surface area contributed by atoms with Crippen LogP contribution in [0.2, 0.25) is 5.02 Å². The summed E-state index contributed by atoms with van der Waals surface area (Å²) in [5.41, 5.74) is 0.993. The van der Waals surface area contributed by atoms with Crippen LogP contribution in [0.1, 0.15) is 48.9 Å². The first-order chi connectivity index (χ1) is 11.1. The summed E-state index contributed by atoms with van der Waals surface area (Å²) >= 11 is 6.15. The van der Waals surface area contributed by atoms with E-state index in [4.69, 9.17) is 11.6 Å². The summed E-state index contributed by atoms with van der Waals surface area (Å²) in [6.07, 6.45) is 5.96. The van der Waals surface area contributed by atoms with Gasteiger partial charge in [0.2, 0.25) is 5.91 Å². The van der Waals surface area contributed by atoms with Crippen molar-refractivity contribution in [2.75, 3.05) is 18.9 Å². The van der Waals surface area contributed by atoms with Gasteiger partial charge in [-0.05, 0) is 38.1 Å². The molecule has 2 rings (SSSR count). The number of carbonyl (C=O) groups excluding carboxylic acids is 2. The van der Waals surface area contributed by atoms with Gasteiger partial charge in [-0.15, -0.1) is 12.4 Å². The number of hydrogen-bond donors (Lipinski definition) is 3. The van der Waals surface area contributed by atoms with E-state index in [0.29, 0.717) is 29.2 Å². The number of rotatable bonds is 6. The van der Waals surface area contributed by atoms with E-state index in [2.05, 4.69) is 16.0 Å². The molecule has 1 fully saturated rings. The van der Waals surface area contributed by atoms with Crippen molar-refractivity contribution in [2.24, 2.45) is 0 Å². The van der Waals surface area contributed by atoms with Gasteiger partial charge in [0.15, 0.2) is 0 Å². The van der Waals surface area contributed by atoms with Gasteiger partial charge in [0.05, 0.1) is 10.6 Å². The summed E-state index contributed by atoms with van der Waals surface area (Å²) in [4.78, 5) is 24.2. The molecule has 1 saturated carbocycles. The van der Waals surface area contributed by atoms with Crippen LogP contribution >= 0.6 is 24.0 Å². The molecule has 0 unspecified atom stereocenters. The quantitative estimate of drug-likeness (QED) is 0.715. The predicted molar refractivity (Wildman–Crippen MR) is 100 cm³/mol. The molecule has 7 heteroatoms. The first-order valence-corrected chi connectivity index (χ1v) is 8.53. The normalized spacial score (nSPS) is 14.6. The van der Waals surface area contributed by atoms with E-state index in [0.717, 1.165) is 25.7 Å². The van der Waals surface area contributed by atoms with Crippen molar-refractivity contribution >= 4 is 41.5 Å². The fourth-order valence-corrected chi connectivity index (χ4v) is 2.95. The second-order valence-corrected chi connectivity index (χ2v) is 6.31. The molecule has 1 aliphatic rings. The van der Waals surface area contributed by atoms with Crippen LogP contribution in [0.15, 0.2) is 18.2 Å². The Hall–Kier alpha value is -1.30. The summed E-state index contributed by atoms with van der Waals surface area (Å²) in [6, 6.07) is 5.21. The van der Waals surface area contributed by atoms with Crippen molar-refractivity contribution in [3.05, 3.63) is 28.8 Å². The molecule has 0 bridgehead atoms. The van der Waals surface area contributed by atoms with Gasteiger partial charge < -0.3 is 16.0 Å². The average molecular weight is 374 g/mol. The van der Waals surface area contributed by atoms with Crippen LogP contribution in [-0.2, 0) is 4.79 Å². The summed E-state index contributed by atoms with van der Waals surface area (Å²) in [5.74, 6) is -0.270. The molecule has 0 radical (unpaired) electrons. The summed E-state index contributed by atoms with van der Waals surface area (Å²) in [7, 11) is 1.79. The van der Waals surface area contributed by atoms with E-state index < -0.39 is 0 Å². The van der Waals surface area contributed by atoms with Gasteiger partial charge in [-0.3, -0.25) is 9.59 Å². The Bertz CT molecular complexity index is 561. The van der Waals surface area contributed by atoms with Gasteiger partial charge in [0, 0.05) is 24.7 Å². The zero-order chi connectivity index (χ0) is 16.7. The number of hydrogen-bond acceptors (Lipinski definition) is 3. The molecule has 0 aromatic heterocycles.